The van der Waals surface area contributed by atoms with Crippen molar-refractivity contribution >= 4 is 22.0 Å². The van der Waals surface area contributed by atoms with Crippen LogP contribution in [0.1, 0.15) is 54.1 Å². The molecule has 190 valence electrons. The zero-order valence-corrected chi connectivity index (χ0v) is 21.3. The fourth-order valence-corrected chi connectivity index (χ4v) is 4.48. The topological polar surface area (TPSA) is 104 Å². The van der Waals surface area contributed by atoms with Gasteiger partial charge in [0.25, 0.3) is 16.0 Å². The summed E-state index contributed by atoms with van der Waals surface area (Å²) in [5.41, 5.74) is 2.96. The van der Waals surface area contributed by atoms with Crippen LogP contribution in [0.5, 0.6) is 5.75 Å². The Morgan fingerprint density at radius 2 is 1.60 bits per heavy atom. The van der Waals surface area contributed by atoms with E-state index in [9.17, 15) is 18.0 Å². The Morgan fingerprint density at radius 3 is 2.20 bits per heavy atom. The molecule has 0 saturated carbocycles. The third kappa shape index (κ3) is 7.88. The van der Waals surface area contributed by atoms with Gasteiger partial charge in [-0.05, 0) is 68.5 Å². The lowest BCUT2D eigenvalue weighted by molar-refractivity contribution is -0.136. The van der Waals surface area contributed by atoms with Crippen LogP contribution in [0.3, 0.4) is 0 Å². The second-order valence-corrected chi connectivity index (χ2v) is 10.7. The first-order valence-corrected chi connectivity index (χ1v) is 13.7. The van der Waals surface area contributed by atoms with Crippen molar-refractivity contribution in [2.24, 2.45) is 0 Å². The van der Waals surface area contributed by atoms with Gasteiger partial charge in [-0.3, -0.25) is 19.0 Å². The molecule has 1 heterocycles. The summed E-state index contributed by atoms with van der Waals surface area (Å²) >= 11 is 0. The lowest BCUT2D eigenvalue weighted by atomic mass is 9.83. The molecular weight excluding hydrogens is 468 g/mol. The smallest absolute Gasteiger partial charge is 0.318 e. The minimum Gasteiger partial charge on any atom is -0.426 e. The van der Waals surface area contributed by atoms with Crippen LogP contribution in [-0.4, -0.2) is 73.1 Å². The van der Waals surface area contributed by atoms with Gasteiger partial charge in [-0.2, -0.15) is 8.42 Å². The van der Waals surface area contributed by atoms with Crippen LogP contribution < -0.4 is 4.74 Å². The molecule has 2 aromatic rings. The zero-order chi connectivity index (χ0) is 25.6. The number of amides is 1. The van der Waals surface area contributed by atoms with Gasteiger partial charge in [-0.1, -0.05) is 24.3 Å². The largest absolute Gasteiger partial charge is 0.426 e. The fraction of sp³-hybridized carbons (Fsp3) is 0.462. The van der Waals surface area contributed by atoms with Crippen molar-refractivity contribution in [2.45, 2.75) is 45.1 Å². The molecule has 2 aliphatic rings. The van der Waals surface area contributed by atoms with E-state index in [1.807, 2.05) is 23.1 Å². The third-order valence-electron chi connectivity index (χ3n) is 6.31. The van der Waals surface area contributed by atoms with E-state index in [0.717, 1.165) is 51.0 Å². The summed E-state index contributed by atoms with van der Waals surface area (Å²) < 4.78 is 31.5. The molecular formula is C26H34N2O6S. The summed E-state index contributed by atoms with van der Waals surface area (Å²) in [5, 5.41) is 0. The van der Waals surface area contributed by atoms with Gasteiger partial charge in [0.1, 0.15) is 5.75 Å². The number of esters is 1. The first kappa shape index (κ1) is 26.8. The maximum atomic E-state index is 12.8. The van der Waals surface area contributed by atoms with Crippen LogP contribution >= 0.6 is 0 Å². The van der Waals surface area contributed by atoms with E-state index in [-0.39, 0.29) is 17.8 Å². The van der Waals surface area contributed by atoms with Gasteiger partial charge >= 0.3 is 5.97 Å². The van der Waals surface area contributed by atoms with E-state index in [1.54, 1.807) is 24.3 Å². The molecule has 1 saturated heterocycles. The molecule has 1 fully saturated rings. The molecule has 1 aliphatic carbocycles. The Kier molecular flexibility index (Phi) is 9.04. The van der Waals surface area contributed by atoms with Crippen LogP contribution in [0.25, 0.3) is 0 Å². The molecule has 1 N–H and O–H groups in total. The zero-order valence-electron chi connectivity index (χ0n) is 20.5. The molecule has 9 heteroatoms. The number of benzene rings is 2. The number of rotatable bonds is 4. The first-order valence-electron chi connectivity index (χ1n) is 11.9. The Balaban J connectivity index is 0.000000623. The summed E-state index contributed by atoms with van der Waals surface area (Å²) in [5.74, 6) is 0.0984. The van der Waals surface area contributed by atoms with Crippen molar-refractivity contribution in [1.29, 1.82) is 0 Å². The monoisotopic (exact) mass is 502 g/mol. The molecule has 0 aromatic heterocycles. The first-order chi connectivity index (χ1) is 16.5. The lowest BCUT2D eigenvalue weighted by Crippen LogP contribution is -2.50. The molecule has 2 aromatic carbocycles. The molecule has 8 nitrogen and oxygen atoms in total. The highest BCUT2D eigenvalue weighted by Crippen LogP contribution is 2.32. The normalized spacial score (nSPS) is 18.3. The number of nitrogens with zero attached hydrogens (tertiary/aromatic N) is 2. The van der Waals surface area contributed by atoms with Crippen LogP contribution in [-0.2, 0) is 21.3 Å². The fourth-order valence-electron chi connectivity index (χ4n) is 4.48. The number of hydrogen-bond donors (Lipinski definition) is 1. The molecule has 0 radical (unpaired) electrons. The highest BCUT2D eigenvalue weighted by molar-refractivity contribution is 7.85. The average Bonchev–Trinajstić information content (AvgIpc) is 2.82. The highest BCUT2D eigenvalue weighted by atomic mass is 32.2. The molecule has 35 heavy (non-hydrogen) atoms. The lowest BCUT2D eigenvalue weighted by Gasteiger charge is -2.37. The Morgan fingerprint density at radius 1 is 1.00 bits per heavy atom. The summed E-state index contributed by atoms with van der Waals surface area (Å²) in [7, 11) is -3.67. The standard InChI is InChI=1S/C25H30N2O3.CH4O3S/c1-18(2)26-14-16-27(17-15-26)24(28)20-10-12-21(13-11-20)30-25(29)23-9-5-7-19-6-3-4-8-22(19)23;1-5(2,3)4/h3-4,6,8,10-13,18,23H,5,7,9,14-17H2,1-2H3;1H3,(H,2,3,4). The van der Waals surface area contributed by atoms with Gasteiger partial charge in [0, 0.05) is 37.8 Å². The predicted molar refractivity (Wildman–Crippen MR) is 134 cm³/mol. The molecule has 1 amide bonds. The van der Waals surface area contributed by atoms with Crippen molar-refractivity contribution in [2.75, 3.05) is 32.4 Å². The summed E-state index contributed by atoms with van der Waals surface area (Å²) in [4.78, 5) is 29.9. The van der Waals surface area contributed by atoms with Crippen LogP contribution in [0.2, 0.25) is 0 Å². The maximum absolute atomic E-state index is 12.8. The molecule has 4 rings (SSSR count). The highest BCUT2D eigenvalue weighted by Gasteiger charge is 2.28. The van der Waals surface area contributed by atoms with E-state index in [4.69, 9.17) is 9.29 Å². The number of piperazine rings is 1. The van der Waals surface area contributed by atoms with Gasteiger partial charge in [0.05, 0.1) is 12.2 Å². The SMILES string of the molecule is CC(C)N1CCN(C(=O)c2ccc(OC(=O)C3CCCc4ccccc43)cc2)CC1.CS(=O)(=O)O. The van der Waals surface area contributed by atoms with Crippen LogP contribution in [0, 0.1) is 0 Å². The molecule has 0 bridgehead atoms. The third-order valence-corrected chi connectivity index (χ3v) is 6.31. The number of carbonyl (C=O) groups excluding carboxylic acids is 2. The number of hydrogen-bond acceptors (Lipinski definition) is 6. The summed E-state index contributed by atoms with van der Waals surface area (Å²) in [6.45, 7) is 7.67. The number of aryl methyl sites for hydroxylation is 1. The van der Waals surface area contributed by atoms with Gasteiger partial charge in [0.2, 0.25) is 0 Å². The van der Waals surface area contributed by atoms with Crippen molar-refractivity contribution in [1.82, 2.24) is 9.80 Å². The van der Waals surface area contributed by atoms with E-state index in [0.29, 0.717) is 23.6 Å². The second kappa shape index (κ2) is 11.8. The van der Waals surface area contributed by atoms with E-state index in [2.05, 4.69) is 24.8 Å². The van der Waals surface area contributed by atoms with Crippen molar-refractivity contribution in [3.63, 3.8) is 0 Å². The minimum absolute atomic E-state index is 0.0393. The van der Waals surface area contributed by atoms with Gasteiger partial charge in [-0.15, -0.1) is 0 Å². The molecule has 0 spiro atoms. The molecule has 1 atom stereocenters. The van der Waals surface area contributed by atoms with Crippen molar-refractivity contribution in [3.8, 4) is 5.75 Å². The number of fused-ring (bicyclic) bond motifs is 1. The second-order valence-electron chi connectivity index (χ2n) is 9.24. The molecule has 1 aliphatic heterocycles. The number of carbonyl (C=O) groups is 2. The van der Waals surface area contributed by atoms with Gasteiger partial charge < -0.3 is 9.64 Å². The van der Waals surface area contributed by atoms with Crippen LogP contribution in [0.15, 0.2) is 48.5 Å². The molecule has 1 unspecified atom stereocenters. The van der Waals surface area contributed by atoms with Crippen molar-refractivity contribution in [3.05, 3.63) is 65.2 Å². The Hall–Kier alpha value is -2.75. The van der Waals surface area contributed by atoms with E-state index in [1.165, 1.54) is 5.56 Å². The predicted octanol–water partition coefficient (Wildman–Crippen LogP) is 3.38. The van der Waals surface area contributed by atoms with Gasteiger partial charge in [-0.25, -0.2) is 0 Å². The van der Waals surface area contributed by atoms with Gasteiger partial charge in [0.15, 0.2) is 0 Å². The minimum atomic E-state index is -3.67. The average molecular weight is 503 g/mol. The Labute approximate surface area is 207 Å². The summed E-state index contributed by atoms with van der Waals surface area (Å²) in [6, 6.07) is 15.6. The summed E-state index contributed by atoms with van der Waals surface area (Å²) in [6.07, 6.45) is 3.54. The van der Waals surface area contributed by atoms with Crippen molar-refractivity contribution < 1.29 is 27.3 Å². The van der Waals surface area contributed by atoms with E-state index < -0.39 is 10.1 Å². The van der Waals surface area contributed by atoms with E-state index >= 15 is 0 Å². The maximum Gasteiger partial charge on any atom is 0.318 e. The van der Waals surface area contributed by atoms with Crippen LogP contribution in [0.4, 0.5) is 0 Å². The Bertz CT molecular complexity index is 1110. The quantitative estimate of drug-likeness (QED) is 0.388. The number of ether oxygens (including phenoxy) is 1.